The summed E-state index contributed by atoms with van der Waals surface area (Å²) in [6, 6.07) is 7.28. The lowest BCUT2D eigenvalue weighted by Gasteiger charge is -2.21. The fourth-order valence-corrected chi connectivity index (χ4v) is 2.99. The Kier molecular flexibility index (Phi) is 6.15. The molecule has 0 heterocycles. The van der Waals surface area contributed by atoms with Gasteiger partial charge in [-0.1, -0.05) is 32.9 Å². The van der Waals surface area contributed by atoms with Gasteiger partial charge in [0, 0.05) is 17.9 Å². The summed E-state index contributed by atoms with van der Waals surface area (Å²) in [6.45, 7) is 7.31. The molecule has 0 radical (unpaired) electrons. The first-order chi connectivity index (χ1) is 8.56. The van der Waals surface area contributed by atoms with Crippen molar-refractivity contribution in [2.45, 2.75) is 31.7 Å². The summed E-state index contributed by atoms with van der Waals surface area (Å²) in [4.78, 5) is 11.3. The minimum absolute atomic E-state index is 0.196. The van der Waals surface area contributed by atoms with Crippen LogP contribution in [0.25, 0.3) is 0 Å². The maximum absolute atomic E-state index is 10.9. The number of thioether (sulfide) groups is 1. The molecule has 100 valence electrons. The van der Waals surface area contributed by atoms with Gasteiger partial charge in [-0.15, -0.1) is 11.8 Å². The molecular weight excluding hydrogens is 248 g/mol. The van der Waals surface area contributed by atoms with E-state index in [1.54, 1.807) is 23.9 Å². The first-order valence-electron chi connectivity index (χ1n) is 6.15. The van der Waals surface area contributed by atoms with Crippen LogP contribution in [0.5, 0.6) is 0 Å². The second-order valence-corrected chi connectivity index (χ2v) is 5.51. The van der Waals surface area contributed by atoms with Crippen LogP contribution in [0.4, 0.5) is 5.69 Å². The van der Waals surface area contributed by atoms with Crippen LogP contribution < -0.4 is 5.32 Å². The van der Waals surface area contributed by atoms with Gasteiger partial charge in [0.15, 0.2) is 0 Å². The topological polar surface area (TPSA) is 55.2 Å². The molecule has 0 aliphatic heterocycles. The van der Waals surface area contributed by atoms with Gasteiger partial charge in [-0.05, 0) is 18.5 Å². The van der Waals surface area contributed by atoms with Crippen molar-refractivity contribution in [3.8, 4) is 0 Å². The number of nitrogens with zero attached hydrogens (tertiary/aromatic N) is 1. The molecule has 1 unspecified atom stereocenters. The molecule has 0 aliphatic carbocycles. The monoisotopic (exact) mass is 268 g/mol. The molecule has 1 rings (SSSR count). The van der Waals surface area contributed by atoms with E-state index in [0.29, 0.717) is 12.0 Å². The van der Waals surface area contributed by atoms with Crippen molar-refractivity contribution in [3.63, 3.8) is 0 Å². The number of nitrogens with one attached hydrogen (secondary N) is 1. The van der Waals surface area contributed by atoms with Crippen LogP contribution in [0.15, 0.2) is 29.2 Å². The fourth-order valence-electron chi connectivity index (χ4n) is 1.66. The molecule has 1 N–H and O–H groups in total. The summed E-state index contributed by atoms with van der Waals surface area (Å²) >= 11 is 1.55. The number of hydrogen-bond acceptors (Lipinski definition) is 4. The van der Waals surface area contributed by atoms with E-state index in [0.717, 1.165) is 17.2 Å². The third-order valence-corrected chi connectivity index (χ3v) is 3.93. The van der Waals surface area contributed by atoms with Gasteiger partial charge in [0.05, 0.1) is 9.82 Å². The van der Waals surface area contributed by atoms with Gasteiger partial charge in [0.2, 0.25) is 0 Å². The lowest BCUT2D eigenvalue weighted by atomic mass is 10.1. The Bertz CT molecular complexity index is 396. The fraction of sp³-hybridized carbons (Fsp3) is 0.538. The van der Waals surface area contributed by atoms with E-state index >= 15 is 0 Å². The van der Waals surface area contributed by atoms with Crippen molar-refractivity contribution in [1.82, 2.24) is 5.32 Å². The number of para-hydroxylation sites is 1. The average Bonchev–Trinajstić information content (AvgIpc) is 2.34. The van der Waals surface area contributed by atoms with E-state index in [9.17, 15) is 10.1 Å². The number of benzene rings is 1. The number of nitro benzene ring substituents is 1. The quantitative estimate of drug-likeness (QED) is 0.468. The SMILES string of the molecule is CCNC(CSc1ccccc1[N+](=O)[O-])C(C)C. The molecule has 0 amide bonds. The van der Waals surface area contributed by atoms with Gasteiger partial charge in [0.25, 0.3) is 5.69 Å². The molecule has 1 aromatic carbocycles. The molecule has 0 aromatic heterocycles. The highest BCUT2D eigenvalue weighted by Crippen LogP contribution is 2.29. The molecule has 5 heteroatoms. The highest BCUT2D eigenvalue weighted by molar-refractivity contribution is 7.99. The van der Waals surface area contributed by atoms with E-state index in [2.05, 4.69) is 26.1 Å². The van der Waals surface area contributed by atoms with Crippen LogP contribution in [0.1, 0.15) is 20.8 Å². The first-order valence-corrected chi connectivity index (χ1v) is 7.14. The second-order valence-electron chi connectivity index (χ2n) is 4.44. The molecule has 1 aromatic rings. The van der Waals surface area contributed by atoms with Crippen molar-refractivity contribution in [1.29, 1.82) is 0 Å². The zero-order valence-corrected chi connectivity index (χ0v) is 11.9. The predicted octanol–water partition coefficient (Wildman–Crippen LogP) is 3.32. The Morgan fingerprint density at radius 3 is 2.61 bits per heavy atom. The third-order valence-electron chi connectivity index (χ3n) is 2.75. The number of nitro groups is 1. The predicted molar refractivity (Wildman–Crippen MR) is 76.1 cm³/mol. The summed E-state index contributed by atoms with van der Waals surface area (Å²) < 4.78 is 0. The van der Waals surface area contributed by atoms with Gasteiger partial charge in [-0.2, -0.15) is 0 Å². The minimum Gasteiger partial charge on any atom is -0.313 e. The molecule has 0 bridgehead atoms. The second kappa shape index (κ2) is 7.38. The third kappa shape index (κ3) is 4.31. The largest absolute Gasteiger partial charge is 0.313 e. The maximum Gasteiger partial charge on any atom is 0.282 e. The lowest BCUT2D eigenvalue weighted by Crippen LogP contribution is -2.35. The number of rotatable bonds is 7. The molecular formula is C13H20N2O2S. The van der Waals surface area contributed by atoms with Gasteiger partial charge < -0.3 is 5.32 Å². The normalized spacial score (nSPS) is 12.7. The van der Waals surface area contributed by atoms with Gasteiger partial charge in [-0.25, -0.2) is 0 Å². The van der Waals surface area contributed by atoms with Crippen molar-refractivity contribution < 1.29 is 4.92 Å². The summed E-state index contributed by atoms with van der Waals surface area (Å²) in [7, 11) is 0. The smallest absolute Gasteiger partial charge is 0.282 e. The van der Waals surface area contributed by atoms with Crippen LogP contribution in [-0.2, 0) is 0 Å². The van der Waals surface area contributed by atoms with Crippen molar-refractivity contribution >= 4 is 17.4 Å². The average molecular weight is 268 g/mol. The summed E-state index contributed by atoms with van der Waals surface area (Å²) in [5.41, 5.74) is 0.196. The van der Waals surface area contributed by atoms with Crippen LogP contribution >= 0.6 is 11.8 Å². The van der Waals surface area contributed by atoms with E-state index in [1.165, 1.54) is 0 Å². The molecule has 1 atom stereocenters. The van der Waals surface area contributed by atoms with Gasteiger partial charge in [0.1, 0.15) is 0 Å². The highest BCUT2D eigenvalue weighted by Gasteiger charge is 2.17. The van der Waals surface area contributed by atoms with Crippen molar-refractivity contribution in [2.75, 3.05) is 12.3 Å². The Labute approximate surface area is 112 Å². The zero-order chi connectivity index (χ0) is 13.5. The first kappa shape index (κ1) is 15.0. The van der Waals surface area contributed by atoms with Crippen LogP contribution in [0.2, 0.25) is 0 Å². The molecule has 0 aliphatic rings. The molecule has 18 heavy (non-hydrogen) atoms. The van der Waals surface area contributed by atoms with Crippen LogP contribution in [-0.4, -0.2) is 23.3 Å². The Balaban J connectivity index is 2.70. The van der Waals surface area contributed by atoms with Crippen molar-refractivity contribution in [2.24, 2.45) is 5.92 Å². The maximum atomic E-state index is 10.9. The zero-order valence-electron chi connectivity index (χ0n) is 11.1. The molecule has 0 saturated carbocycles. The minimum atomic E-state index is -0.319. The summed E-state index contributed by atoms with van der Waals surface area (Å²) in [5, 5.41) is 14.3. The molecule has 0 fully saturated rings. The Hall–Kier alpha value is -1.07. The molecule has 0 saturated heterocycles. The van der Waals surface area contributed by atoms with E-state index in [1.807, 2.05) is 12.1 Å². The van der Waals surface area contributed by atoms with Crippen LogP contribution in [0, 0.1) is 16.0 Å². The standard InChI is InChI=1S/C13H20N2O2S/c1-4-14-11(10(2)3)9-18-13-8-6-5-7-12(13)15(16)17/h5-8,10-11,14H,4,9H2,1-3H3. The van der Waals surface area contributed by atoms with Gasteiger partial charge in [-0.3, -0.25) is 10.1 Å². The number of hydrogen-bond donors (Lipinski definition) is 1. The van der Waals surface area contributed by atoms with Crippen LogP contribution in [0.3, 0.4) is 0 Å². The molecule has 4 nitrogen and oxygen atoms in total. The Morgan fingerprint density at radius 2 is 2.06 bits per heavy atom. The summed E-state index contributed by atoms with van der Waals surface area (Å²) in [6.07, 6.45) is 0. The molecule has 0 spiro atoms. The summed E-state index contributed by atoms with van der Waals surface area (Å²) in [5.74, 6) is 1.36. The lowest BCUT2D eigenvalue weighted by molar-refractivity contribution is -0.387. The van der Waals surface area contributed by atoms with E-state index in [4.69, 9.17) is 0 Å². The highest BCUT2D eigenvalue weighted by atomic mass is 32.2. The van der Waals surface area contributed by atoms with E-state index < -0.39 is 0 Å². The van der Waals surface area contributed by atoms with Crippen molar-refractivity contribution in [3.05, 3.63) is 34.4 Å². The van der Waals surface area contributed by atoms with Gasteiger partial charge >= 0.3 is 0 Å². The van der Waals surface area contributed by atoms with E-state index in [-0.39, 0.29) is 10.6 Å². The Morgan fingerprint density at radius 1 is 1.39 bits per heavy atom.